The third-order valence-electron chi connectivity index (χ3n) is 4.69. The largest absolute Gasteiger partial charge is 1.00 e. The fourth-order valence-electron chi connectivity index (χ4n) is 3.60. The molecule has 3 aromatic rings. The third kappa shape index (κ3) is 2.74. The van der Waals surface area contributed by atoms with Gasteiger partial charge in [-0.05, 0) is 16.7 Å². The Labute approximate surface area is 156 Å². The summed E-state index contributed by atoms with van der Waals surface area (Å²) in [6, 6.07) is 32.9. The topological polar surface area (TPSA) is 3.01 Å². The second-order valence-corrected chi connectivity index (χ2v) is 6.11. The van der Waals surface area contributed by atoms with Crippen molar-refractivity contribution in [2.45, 2.75) is 18.5 Å². The Bertz CT molecular complexity index is 674. The van der Waals surface area contributed by atoms with E-state index >= 15 is 0 Å². The van der Waals surface area contributed by atoms with Crippen LogP contribution in [0.3, 0.4) is 0 Å². The molecule has 24 heavy (non-hydrogen) atoms. The zero-order chi connectivity index (χ0) is 15.7. The van der Waals surface area contributed by atoms with E-state index in [9.17, 15) is 0 Å². The van der Waals surface area contributed by atoms with Crippen LogP contribution < -0.4 is 18.9 Å². The minimum absolute atomic E-state index is 0. The van der Waals surface area contributed by atoms with Gasteiger partial charge in [-0.3, -0.25) is 6.54 Å². The summed E-state index contributed by atoms with van der Waals surface area (Å²) in [6.07, 6.45) is 0. The van der Waals surface area contributed by atoms with Crippen molar-refractivity contribution in [1.82, 2.24) is 4.90 Å². The minimum Gasteiger partial charge on any atom is -0.461 e. The standard InChI is InChI=1S/C22H20N.Li/c1-18-17-23(18)22(19-11-5-2-6-12-19,20-13-7-3-8-14-20)21-15-9-4-10-16-21;/h2-18H,1H3;/q-1;+1/t18-,23?;/m1./s1. The Kier molecular flexibility index (Phi) is 4.97. The Morgan fingerprint density at radius 1 is 0.667 bits per heavy atom. The molecule has 2 atom stereocenters. The van der Waals surface area contributed by atoms with E-state index in [1.807, 2.05) is 0 Å². The molecule has 1 heterocycles. The van der Waals surface area contributed by atoms with Crippen molar-refractivity contribution >= 4 is 0 Å². The number of nitrogens with zero attached hydrogens (tertiary/aromatic N) is 1. The molecule has 1 aliphatic heterocycles. The van der Waals surface area contributed by atoms with Gasteiger partial charge in [-0.15, -0.1) is 6.04 Å². The molecule has 1 aliphatic rings. The van der Waals surface area contributed by atoms with Crippen molar-refractivity contribution in [2.75, 3.05) is 0 Å². The second-order valence-electron chi connectivity index (χ2n) is 6.11. The molecule has 1 fully saturated rings. The molecule has 0 amide bonds. The van der Waals surface area contributed by atoms with E-state index < -0.39 is 0 Å². The molecular weight excluding hydrogens is 285 g/mol. The molecule has 3 aromatic carbocycles. The number of hydrogen-bond donors (Lipinski definition) is 0. The van der Waals surface area contributed by atoms with E-state index in [-0.39, 0.29) is 24.4 Å². The van der Waals surface area contributed by atoms with Crippen LogP contribution in [0.15, 0.2) is 91.0 Å². The van der Waals surface area contributed by atoms with Crippen LogP contribution in [0.4, 0.5) is 0 Å². The van der Waals surface area contributed by atoms with Crippen LogP contribution in [0.1, 0.15) is 23.6 Å². The summed E-state index contributed by atoms with van der Waals surface area (Å²) in [4.78, 5) is 2.47. The van der Waals surface area contributed by atoms with Gasteiger partial charge in [0.15, 0.2) is 0 Å². The Hall–Kier alpha value is -1.78. The van der Waals surface area contributed by atoms with Gasteiger partial charge >= 0.3 is 18.9 Å². The van der Waals surface area contributed by atoms with Crippen molar-refractivity contribution in [3.63, 3.8) is 0 Å². The van der Waals surface area contributed by atoms with E-state index in [0.29, 0.717) is 6.04 Å². The molecule has 0 aromatic heterocycles. The monoisotopic (exact) mass is 305 g/mol. The number of rotatable bonds is 4. The van der Waals surface area contributed by atoms with E-state index in [4.69, 9.17) is 0 Å². The van der Waals surface area contributed by atoms with Gasteiger partial charge in [0.2, 0.25) is 0 Å². The van der Waals surface area contributed by atoms with E-state index in [1.54, 1.807) is 0 Å². The predicted octanol–water partition coefficient (Wildman–Crippen LogP) is 1.85. The molecule has 1 unspecified atom stereocenters. The first-order valence-electron chi connectivity index (χ1n) is 8.13. The maximum absolute atomic E-state index is 2.47. The molecule has 0 aliphatic carbocycles. The van der Waals surface area contributed by atoms with Crippen molar-refractivity contribution in [3.8, 4) is 0 Å². The molecule has 0 N–H and O–H groups in total. The van der Waals surface area contributed by atoms with Gasteiger partial charge in [-0.2, -0.15) is 0 Å². The summed E-state index contributed by atoms with van der Waals surface area (Å²) in [5.74, 6) is 0. The zero-order valence-electron chi connectivity index (χ0n) is 14.3. The fourth-order valence-corrected chi connectivity index (χ4v) is 3.60. The van der Waals surface area contributed by atoms with Gasteiger partial charge in [-0.1, -0.05) is 97.9 Å². The Balaban J connectivity index is 0.00000169. The van der Waals surface area contributed by atoms with Crippen LogP contribution in [0.25, 0.3) is 0 Å². The van der Waals surface area contributed by atoms with Crippen molar-refractivity contribution in [1.29, 1.82) is 0 Å². The second kappa shape index (κ2) is 6.99. The average molecular weight is 305 g/mol. The number of benzene rings is 3. The van der Waals surface area contributed by atoms with Crippen LogP contribution in [-0.4, -0.2) is 10.9 Å². The van der Waals surface area contributed by atoms with Crippen LogP contribution in [0.5, 0.6) is 0 Å². The maximum atomic E-state index is 2.47. The van der Waals surface area contributed by atoms with E-state index in [1.165, 1.54) is 16.7 Å². The van der Waals surface area contributed by atoms with Gasteiger partial charge in [0.25, 0.3) is 0 Å². The quantitative estimate of drug-likeness (QED) is 0.308. The third-order valence-corrected chi connectivity index (χ3v) is 4.69. The predicted molar refractivity (Wildman–Crippen MR) is 94.8 cm³/mol. The number of hydrogen-bond acceptors (Lipinski definition) is 1. The van der Waals surface area contributed by atoms with Crippen molar-refractivity contribution in [3.05, 3.63) is 114 Å². The zero-order valence-corrected chi connectivity index (χ0v) is 14.3. The summed E-state index contributed by atoms with van der Waals surface area (Å²) in [5, 5.41) is 0. The molecule has 0 saturated carbocycles. The van der Waals surface area contributed by atoms with E-state index in [0.717, 1.165) is 0 Å². The van der Waals surface area contributed by atoms with Gasteiger partial charge in [-0.25, -0.2) is 0 Å². The molecule has 0 bridgehead atoms. The summed E-state index contributed by atoms with van der Waals surface area (Å²) in [6.45, 7) is 4.57. The van der Waals surface area contributed by atoms with Crippen LogP contribution in [-0.2, 0) is 5.54 Å². The van der Waals surface area contributed by atoms with Gasteiger partial charge in [0.05, 0.1) is 5.54 Å². The summed E-state index contributed by atoms with van der Waals surface area (Å²) in [5.41, 5.74) is 3.65. The fraction of sp³-hybridized carbons (Fsp3) is 0.136. The first kappa shape index (κ1) is 17.1. The smallest absolute Gasteiger partial charge is 0.461 e. The molecule has 1 saturated heterocycles. The molecule has 4 rings (SSSR count). The van der Waals surface area contributed by atoms with Crippen molar-refractivity contribution in [2.24, 2.45) is 0 Å². The molecule has 0 spiro atoms. The van der Waals surface area contributed by atoms with Crippen LogP contribution >= 0.6 is 0 Å². The van der Waals surface area contributed by atoms with Gasteiger partial charge in [0.1, 0.15) is 0 Å². The van der Waals surface area contributed by atoms with Gasteiger partial charge < -0.3 is 4.90 Å². The summed E-state index contributed by atoms with van der Waals surface area (Å²) >= 11 is 0. The first-order valence-corrected chi connectivity index (χ1v) is 8.13. The minimum atomic E-state index is -0.261. The van der Waals surface area contributed by atoms with Crippen molar-refractivity contribution < 1.29 is 18.9 Å². The average Bonchev–Trinajstić information content (AvgIpc) is 3.35. The molecule has 114 valence electrons. The Morgan fingerprint density at radius 2 is 0.958 bits per heavy atom. The first-order chi connectivity index (χ1) is 11.3. The summed E-state index contributed by atoms with van der Waals surface area (Å²) in [7, 11) is 0. The molecular formula is C22H20LiN. The Morgan fingerprint density at radius 3 is 1.21 bits per heavy atom. The molecule has 1 nitrogen and oxygen atoms in total. The normalized spacial score (nSPS) is 19.4. The maximum Gasteiger partial charge on any atom is 1.00 e. The summed E-state index contributed by atoms with van der Waals surface area (Å²) < 4.78 is 0. The molecule has 2 heteroatoms. The van der Waals surface area contributed by atoms with Crippen LogP contribution in [0, 0.1) is 6.54 Å². The SMILES string of the molecule is C[C@@H]1[CH-]N1C(c1ccccc1)(c1ccccc1)c1ccccc1.[Li+]. The van der Waals surface area contributed by atoms with Gasteiger partial charge in [0, 0.05) is 0 Å². The van der Waals surface area contributed by atoms with E-state index in [2.05, 4.69) is 109 Å². The van der Waals surface area contributed by atoms with Crippen LogP contribution in [0.2, 0.25) is 0 Å². The molecule has 0 radical (unpaired) electrons.